The van der Waals surface area contributed by atoms with E-state index in [0.29, 0.717) is 0 Å². The molecule has 88 valence electrons. The third-order valence-corrected chi connectivity index (χ3v) is 3.41. The van der Waals surface area contributed by atoms with Gasteiger partial charge in [0.25, 0.3) is 0 Å². The molecule has 1 rings (SSSR count). The Morgan fingerprint density at radius 2 is 2.33 bits per heavy atom. The molecule has 4 nitrogen and oxygen atoms in total. The Hall–Kier alpha value is -0.610. The Kier molecular flexibility index (Phi) is 4.54. The van der Waals surface area contributed by atoms with Crippen LogP contribution in [0.1, 0.15) is 33.1 Å². The maximum Gasteiger partial charge on any atom is 0.240 e. The quantitative estimate of drug-likeness (QED) is 0.709. The molecule has 0 aromatic rings. The first-order chi connectivity index (χ1) is 7.11. The number of amides is 1. The van der Waals surface area contributed by atoms with Crippen LogP contribution < -0.4 is 5.73 Å². The lowest BCUT2D eigenvalue weighted by molar-refractivity contribution is -0.135. The number of hydrogen-bond donors (Lipinski definition) is 2. The van der Waals surface area contributed by atoms with E-state index in [2.05, 4.69) is 0 Å². The molecule has 0 aliphatic carbocycles. The molecule has 1 aliphatic rings. The molecule has 1 saturated heterocycles. The molecule has 0 aromatic heterocycles. The minimum Gasteiger partial charge on any atom is -0.394 e. The first-order valence-corrected chi connectivity index (χ1v) is 5.78. The number of carbonyl (C=O) groups excluding carboxylic acids is 1. The van der Waals surface area contributed by atoms with Gasteiger partial charge in [-0.05, 0) is 18.8 Å². The largest absolute Gasteiger partial charge is 0.394 e. The maximum atomic E-state index is 12.0. The van der Waals surface area contributed by atoms with Crippen molar-refractivity contribution in [2.45, 2.75) is 45.2 Å². The van der Waals surface area contributed by atoms with Crippen LogP contribution in [0.4, 0.5) is 0 Å². The van der Waals surface area contributed by atoms with E-state index in [1.165, 1.54) is 0 Å². The minimum atomic E-state index is -0.415. The first kappa shape index (κ1) is 12.5. The van der Waals surface area contributed by atoms with Crippen LogP contribution in [0.2, 0.25) is 0 Å². The van der Waals surface area contributed by atoms with Crippen LogP contribution in [0, 0.1) is 5.92 Å². The van der Waals surface area contributed by atoms with Crippen molar-refractivity contribution in [2.75, 3.05) is 13.2 Å². The average molecular weight is 214 g/mol. The van der Waals surface area contributed by atoms with Gasteiger partial charge in [-0.25, -0.2) is 0 Å². The second-order valence-corrected chi connectivity index (χ2v) is 4.42. The number of carbonyl (C=O) groups is 1. The van der Waals surface area contributed by atoms with Gasteiger partial charge in [0, 0.05) is 6.54 Å². The summed E-state index contributed by atoms with van der Waals surface area (Å²) in [6.07, 6.45) is 2.78. The smallest absolute Gasteiger partial charge is 0.240 e. The molecule has 4 heteroatoms. The maximum absolute atomic E-state index is 12.0. The summed E-state index contributed by atoms with van der Waals surface area (Å²) in [6.45, 7) is 4.82. The Balaban J connectivity index is 2.59. The number of rotatable bonds is 4. The molecule has 15 heavy (non-hydrogen) atoms. The zero-order valence-electron chi connectivity index (χ0n) is 9.65. The van der Waals surface area contributed by atoms with Gasteiger partial charge in [0.2, 0.25) is 5.91 Å². The van der Waals surface area contributed by atoms with Crippen LogP contribution >= 0.6 is 0 Å². The molecule has 0 aromatic carbocycles. The fourth-order valence-electron chi connectivity index (χ4n) is 2.00. The molecule has 3 N–H and O–H groups in total. The number of nitrogens with two attached hydrogens (primary N) is 1. The van der Waals surface area contributed by atoms with Crippen molar-refractivity contribution in [3.05, 3.63) is 0 Å². The lowest BCUT2D eigenvalue weighted by Gasteiger charge is -2.28. The Labute approximate surface area is 91.4 Å². The molecule has 2 unspecified atom stereocenters. The van der Waals surface area contributed by atoms with Gasteiger partial charge in [-0.3, -0.25) is 4.79 Å². The molecule has 1 amide bonds. The van der Waals surface area contributed by atoms with E-state index in [4.69, 9.17) is 10.8 Å². The van der Waals surface area contributed by atoms with Crippen molar-refractivity contribution >= 4 is 5.91 Å². The zero-order chi connectivity index (χ0) is 11.4. The van der Waals surface area contributed by atoms with Gasteiger partial charge in [0.05, 0.1) is 18.7 Å². The molecule has 1 aliphatic heterocycles. The third kappa shape index (κ3) is 2.69. The normalized spacial score (nSPS) is 25.3. The monoisotopic (exact) mass is 214 g/mol. The van der Waals surface area contributed by atoms with Crippen molar-refractivity contribution in [1.29, 1.82) is 0 Å². The van der Waals surface area contributed by atoms with Gasteiger partial charge >= 0.3 is 0 Å². The van der Waals surface area contributed by atoms with Gasteiger partial charge in [-0.2, -0.15) is 0 Å². The summed E-state index contributed by atoms with van der Waals surface area (Å²) in [7, 11) is 0. The van der Waals surface area contributed by atoms with Crippen molar-refractivity contribution in [3.63, 3.8) is 0 Å². The Morgan fingerprint density at radius 1 is 1.67 bits per heavy atom. The molecule has 0 saturated carbocycles. The van der Waals surface area contributed by atoms with E-state index in [1.807, 2.05) is 13.8 Å². The minimum absolute atomic E-state index is 0.000833. The van der Waals surface area contributed by atoms with E-state index >= 15 is 0 Å². The lowest BCUT2D eigenvalue weighted by atomic mass is 9.98. The molecule has 3 atom stereocenters. The van der Waals surface area contributed by atoms with Gasteiger partial charge in [-0.15, -0.1) is 0 Å². The van der Waals surface area contributed by atoms with E-state index in [9.17, 15) is 4.79 Å². The first-order valence-electron chi connectivity index (χ1n) is 5.78. The average Bonchev–Trinajstić information content (AvgIpc) is 2.73. The number of likely N-dealkylation sites (tertiary alicyclic amines) is 1. The fraction of sp³-hybridized carbons (Fsp3) is 0.909. The highest BCUT2D eigenvalue weighted by molar-refractivity contribution is 5.82. The molecule has 0 radical (unpaired) electrons. The molecule has 0 bridgehead atoms. The highest BCUT2D eigenvalue weighted by Crippen LogP contribution is 2.19. The lowest BCUT2D eigenvalue weighted by Crippen LogP contribution is -2.49. The van der Waals surface area contributed by atoms with E-state index < -0.39 is 6.04 Å². The summed E-state index contributed by atoms with van der Waals surface area (Å²) >= 11 is 0. The summed E-state index contributed by atoms with van der Waals surface area (Å²) < 4.78 is 0. The zero-order valence-corrected chi connectivity index (χ0v) is 9.65. The summed E-state index contributed by atoms with van der Waals surface area (Å²) in [5.41, 5.74) is 5.90. The predicted octanol–water partition coefficient (Wildman–Crippen LogP) is 0.343. The SMILES string of the molecule is CCC(C)[C@H](N)C(=O)N1CCCC1CO. The number of aliphatic hydroxyl groups is 1. The Morgan fingerprint density at radius 3 is 2.87 bits per heavy atom. The van der Waals surface area contributed by atoms with Crippen LogP contribution in [0.15, 0.2) is 0 Å². The second-order valence-electron chi connectivity index (χ2n) is 4.42. The summed E-state index contributed by atoms with van der Waals surface area (Å²) in [6, 6.07) is -0.422. The Bertz CT molecular complexity index is 221. The van der Waals surface area contributed by atoms with Gasteiger partial charge < -0.3 is 15.7 Å². The fourth-order valence-corrected chi connectivity index (χ4v) is 2.00. The van der Waals surface area contributed by atoms with Crippen molar-refractivity contribution in [3.8, 4) is 0 Å². The highest BCUT2D eigenvalue weighted by Gasteiger charge is 2.32. The van der Waals surface area contributed by atoms with Gasteiger partial charge in [-0.1, -0.05) is 20.3 Å². The van der Waals surface area contributed by atoms with Crippen LogP contribution in [-0.2, 0) is 4.79 Å². The topological polar surface area (TPSA) is 66.6 Å². The van der Waals surface area contributed by atoms with Gasteiger partial charge in [0.1, 0.15) is 0 Å². The molecule has 1 fully saturated rings. The molecule has 1 heterocycles. The van der Waals surface area contributed by atoms with E-state index in [-0.39, 0.29) is 24.5 Å². The van der Waals surface area contributed by atoms with Crippen molar-refractivity contribution in [1.82, 2.24) is 4.90 Å². The summed E-state index contributed by atoms with van der Waals surface area (Å²) in [5.74, 6) is 0.207. The number of nitrogens with zero attached hydrogens (tertiary/aromatic N) is 1. The van der Waals surface area contributed by atoms with Crippen molar-refractivity contribution in [2.24, 2.45) is 11.7 Å². The summed E-state index contributed by atoms with van der Waals surface area (Å²) in [5, 5.41) is 9.13. The third-order valence-electron chi connectivity index (χ3n) is 3.41. The van der Waals surface area contributed by atoms with Crippen LogP contribution in [0.3, 0.4) is 0 Å². The molecular formula is C11H22N2O2. The number of hydrogen-bond acceptors (Lipinski definition) is 3. The number of aliphatic hydroxyl groups excluding tert-OH is 1. The van der Waals surface area contributed by atoms with Crippen LogP contribution in [0.25, 0.3) is 0 Å². The molecule has 0 spiro atoms. The van der Waals surface area contributed by atoms with Gasteiger partial charge in [0.15, 0.2) is 0 Å². The van der Waals surface area contributed by atoms with E-state index in [0.717, 1.165) is 25.8 Å². The highest BCUT2D eigenvalue weighted by atomic mass is 16.3. The second kappa shape index (κ2) is 5.47. The summed E-state index contributed by atoms with van der Waals surface area (Å²) in [4.78, 5) is 13.8. The van der Waals surface area contributed by atoms with E-state index in [1.54, 1.807) is 4.90 Å². The van der Waals surface area contributed by atoms with Crippen molar-refractivity contribution < 1.29 is 9.90 Å². The van der Waals surface area contributed by atoms with Crippen LogP contribution in [0.5, 0.6) is 0 Å². The standard InChI is InChI=1S/C11H22N2O2/c1-3-8(2)10(12)11(15)13-6-4-5-9(13)7-14/h8-10,14H,3-7,12H2,1-2H3/t8?,9?,10-/m0/s1. The predicted molar refractivity (Wildman–Crippen MR) is 59.3 cm³/mol. The van der Waals surface area contributed by atoms with Crippen LogP contribution in [-0.4, -0.2) is 41.1 Å². The molecular weight excluding hydrogens is 192 g/mol.